The van der Waals surface area contributed by atoms with E-state index in [1.165, 1.54) is 0 Å². The Morgan fingerprint density at radius 1 is 0.138 bits per heavy atom. The summed E-state index contributed by atoms with van der Waals surface area (Å²) in [6, 6.07) is 0. The maximum absolute atomic E-state index is 14.6. The molecule has 7 unspecified atom stereocenters. The van der Waals surface area contributed by atoms with E-state index < -0.39 is 358 Å². The summed E-state index contributed by atoms with van der Waals surface area (Å²) in [5.41, 5.74) is -30.3. The Morgan fingerprint density at radius 2 is 0.216 bits per heavy atom. The average molecular weight is 1690 g/mol. The van der Waals surface area contributed by atoms with Gasteiger partial charge in [0, 0.05) is 0 Å². The molecule has 0 aliphatic rings. The molecule has 44 heteroatoms. The van der Waals surface area contributed by atoms with E-state index in [0.717, 1.165) is 96.9 Å². The SMILES string of the molecule is CC(CO)(CO)C(=O)OCC(C)(CO)C(=O)OCC(C)(CO)C(=O)OCC(C)(COC(=O)C(C)(CO)COC(=O)C(C)(CO)COC(=O)C(C)(CO)CO)C(=O)OCCOC(=O)C(C)(COC(=O)C(C)(CO)CO)COC(=O)C(C)(COC(=O)C(C)(CO)COC(=O)C(C)(CO)CO)COC(=O)C(C)(CO)COC(=O)C(C)(CO)CO. The van der Waals surface area contributed by atoms with Gasteiger partial charge in [0.05, 0.1) is 106 Å². The zero-order valence-corrected chi connectivity index (χ0v) is 67.8. The maximum atomic E-state index is 14.6. The fourth-order valence-electron chi connectivity index (χ4n) is 7.79. The highest BCUT2D eigenvalue weighted by atomic mass is 16.6. The number of carbonyl (C=O) groups is 14. The summed E-state index contributed by atoms with van der Waals surface area (Å²) < 4.78 is 74.3. The highest BCUT2D eigenvalue weighted by Crippen LogP contribution is 2.35. The topological polar surface area (TPSA) is 692 Å². The molecule has 0 rings (SSSR count). The van der Waals surface area contributed by atoms with E-state index in [1.807, 2.05) is 0 Å². The second-order valence-corrected chi connectivity index (χ2v) is 32.6. The Bertz CT molecular complexity index is 3120. The van der Waals surface area contributed by atoms with Crippen molar-refractivity contribution in [2.45, 2.75) is 96.9 Å². The zero-order valence-electron chi connectivity index (χ0n) is 67.8. The van der Waals surface area contributed by atoms with Gasteiger partial charge in [-0.1, -0.05) is 0 Å². The number of ether oxygens (including phenoxy) is 14. The summed E-state index contributed by atoms with van der Waals surface area (Å²) >= 11 is 0. The van der Waals surface area contributed by atoms with Crippen molar-refractivity contribution >= 4 is 83.6 Å². The number of hydrogen-bond donors (Lipinski definition) is 16. The molecule has 0 aliphatic carbocycles. The van der Waals surface area contributed by atoms with Crippen molar-refractivity contribution in [1.29, 1.82) is 0 Å². The van der Waals surface area contributed by atoms with Crippen LogP contribution in [0.15, 0.2) is 0 Å². The Balaban J connectivity index is 7.77. The fraction of sp³-hybridized carbons (Fsp3) is 0.806. The number of aliphatic hydroxyl groups excluding tert-OH is 16. The molecule has 7 atom stereocenters. The van der Waals surface area contributed by atoms with Gasteiger partial charge in [-0.05, 0) is 96.9 Å². The van der Waals surface area contributed by atoms with Crippen LogP contribution in [0.3, 0.4) is 0 Å². The first-order chi connectivity index (χ1) is 53.6. The molecule has 0 bridgehead atoms. The van der Waals surface area contributed by atoms with Crippen LogP contribution in [0, 0.1) is 75.8 Å². The van der Waals surface area contributed by atoms with Crippen LogP contribution in [0.4, 0.5) is 0 Å². The molecule has 0 spiro atoms. The molecule has 0 aliphatic heterocycles. The van der Waals surface area contributed by atoms with E-state index in [2.05, 4.69) is 0 Å². The summed E-state index contributed by atoms with van der Waals surface area (Å²) in [6.45, 7) is -17.6. The average Bonchev–Trinajstić information content (AvgIpc) is 0.819. The lowest BCUT2D eigenvalue weighted by molar-refractivity contribution is -0.190. The van der Waals surface area contributed by atoms with Crippen LogP contribution in [-0.4, -0.2) is 363 Å². The third-order valence-electron chi connectivity index (χ3n) is 19.3. The number of hydrogen-bond acceptors (Lipinski definition) is 44. The van der Waals surface area contributed by atoms with Crippen molar-refractivity contribution in [3.63, 3.8) is 0 Å². The summed E-state index contributed by atoms with van der Waals surface area (Å²) in [5, 5.41) is 159. The Kier molecular flexibility index (Phi) is 42.6. The normalized spacial score (nSPS) is 16.8. The Hall–Kier alpha value is -8.06. The van der Waals surface area contributed by atoms with Gasteiger partial charge in [0.15, 0.2) is 0 Å². The first kappa shape index (κ1) is 108. The van der Waals surface area contributed by atoms with E-state index in [4.69, 9.17) is 66.3 Å². The van der Waals surface area contributed by atoms with Gasteiger partial charge < -0.3 is 148 Å². The molecular weight excluding hydrogens is 1570 g/mol. The lowest BCUT2D eigenvalue weighted by Crippen LogP contribution is -2.48. The predicted molar refractivity (Wildman–Crippen MR) is 380 cm³/mol. The molecule has 0 saturated carbocycles. The molecule has 0 aromatic carbocycles. The molecular formula is C72H118O44. The van der Waals surface area contributed by atoms with Crippen LogP contribution in [0.1, 0.15) is 96.9 Å². The molecule has 16 N–H and O–H groups in total. The molecule has 0 aromatic heterocycles. The fourth-order valence-corrected chi connectivity index (χ4v) is 7.79. The molecule has 0 fully saturated rings. The monoisotopic (exact) mass is 1690 g/mol. The van der Waals surface area contributed by atoms with E-state index in [1.54, 1.807) is 0 Å². The van der Waals surface area contributed by atoms with E-state index >= 15 is 0 Å². The third-order valence-corrected chi connectivity index (χ3v) is 19.3. The van der Waals surface area contributed by atoms with Gasteiger partial charge in [-0.2, -0.15) is 0 Å². The molecule has 670 valence electrons. The van der Waals surface area contributed by atoms with E-state index in [9.17, 15) is 149 Å². The number of carbonyl (C=O) groups excluding carboxylic acids is 14. The van der Waals surface area contributed by atoms with Crippen molar-refractivity contribution in [2.24, 2.45) is 75.8 Å². The third kappa shape index (κ3) is 28.3. The van der Waals surface area contributed by atoms with Gasteiger partial charge in [-0.25, -0.2) is 0 Å². The molecule has 44 nitrogen and oxygen atoms in total. The van der Waals surface area contributed by atoms with Crippen molar-refractivity contribution in [1.82, 2.24) is 0 Å². The van der Waals surface area contributed by atoms with Gasteiger partial charge in [0.1, 0.15) is 168 Å². The molecule has 0 saturated heterocycles. The minimum atomic E-state index is -2.52. The molecule has 116 heavy (non-hydrogen) atoms. The first-order valence-electron chi connectivity index (χ1n) is 35.7. The van der Waals surface area contributed by atoms with Crippen molar-refractivity contribution in [3.05, 3.63) is 0 Å². The Labute approximate surface area is 667 Å². The Morgan fingerprint density at radius 3 is 0.319 bits per heavy atom. The second-order valence-electron chi connectivity index (χ2n) is 32.6. The minimum absolute atomic E-state index is 0.900. The van der Waals surface area contributed by atoms with Gasteiger partial charge in [-0.3, -0.25) is 67.1 Å². The molecule has 0 aromatic rings. The summed E-state index contributed by atoms with van der Waals surface area (Å²) in [5.74, 6) is -19.4. The van der Waals surface area contributed by atoms with Crippen LogP contribution in [0.5, 0.6) is 0 Å². The number of rotatable bonds is 57. The van der Waals surface area contributed by atoms with Crippen molar-refractivity contribution in [3.8, 4) is 0 Å². The summed E-state index contributed by atoms with van der Waals surface area (Å²) in [6.07, 6.45) is 0. The van der Waals surface area contributed by atoms with Crippen molar-refractivity contribution < 1.29 is 215 Å². The van der Waals surface area contributed by atoms with Gasteiger partial charge in [0.2, 0.25) is 0 Å². The van der Waals surface area contributed by atoms with E-state index in [-0.39, 0.29) is 0 Å². The van der Waals surface area contributed by atoms with Crippen LogP contribution < -0.4 is 0 Å². The molecule has 0 radical (unpaired) electrons. The van der Waals surface area contributed by atoms with Crippen LogP contribution in [0.2, 0.25) is 0 Å². The summed E-state index contributed by atoms with van der Waals surface area (Å²) in [4.78, 5) is 190. The molecule has 0 amide bonds. The largest absolute Gasteiger partial charge is 0.464 e. The van der Waals surface area contributed by atoms with Crippen LogP contribution >= 0.6 is 0 Å². The standard InChI is InChI=1S/C72H118O44/c1-59(17-73,18-74)45(89)105-33-64(6,27-83)50(94)109-37-68(10,31-87)54(98)112-40-71(13,41-113-55(99)69(11,32-88)38-110-51(95)65(7,28-84)34-106-46(90)60(2,19-75)20-76)57(101)104-16-15-103-56(100)70(12,39-111-49(93)63(5,25-81)26-82)42-116-58(102)72(14,43-114-52(96)66(8,29-85)35-107-47(91)61(3,21-77)22-78)44-115-53(97)67(9,30-86)36-108-48(92)62(4,23-79)24-80/h73-88H,15-44H2,1-14H3. The van der Waals surface area contributed by atoms with Gasteiger partial charge in [-0.15, -0.1) is 0 Å². The van der Waals surface area contributed by atoms with Gasteiger partial charge >= 0.3 is 83.6 Å². The van der Waals surface area contributed by atoms with E-state index in [0.29, 0.717) is 0 Å². The zero-order chi connectivity index (χ0) is 90.2. The smallest absolute Gasteiger partial charge is 0.318 e. The second kappa shape index (κ2) is 45.8. The van der Waals surface area contributed by atoms with Gasteiger partial charge in [0.25, 0.3) is 0 Å². The highest BCUT2D eigenvalue weighted by molar-refractivity contribution is 5.86. The number of aliphatic hydroxyl groups is 16. The lowest BCUT2D eigenvalue weighted by Gasteiger charge is -2.33. The minimum Gasteiger partial charge on any atom is -0.464 e. The highest BCUT2D eigenvalue weighted by Gasteiger charge is 2.52. The predicted octanol–water partition coefficient (Wildman–Crippen LogP) is -7.44. The maximum Gasteiger partial charge on any atom is 0.318 e. The van der Waals surface area contributed by atoms with Crippen LogP contribution in [-0.2, 0) is 133 Å². The molecule has 0 heterocycles. The van der Waals surface area contributed by atoms with Crippen molar-refractivity contribution in [2.75, 3.05) is 198 Å². The lowest BCUT2D eigenvalue weighted by atomic mass is 9.89. The van der Waals surface area contributed by atoms with Crippen LogP contribution in [0.25, 0.3) is 0 Å². The number of esters is 14. The quantitative estimate of drug-likeness (QED) is 0.0153. The summed E-state index contributed by atoms with van der Waals surface area (Å²) in [7, 11) is 0. The first-order valence-corrected chi connectivity index (χ1v) is 35.7.